The lowest BCUT2D eigenvalue weighted by molar-refractivity contribution is -0.118. The molecule has 0 saturated carbocycles. The summed E-state index contributed by atoms with van der Waals surface area (Å²) in [5.41, 5.74) is 3.19. The number of nitrogens with one attached hydrogen (secondary N) is 1. The molecule has 27 heavy (non-hydrogen) atoms. The van der Waals surface area contributed by atoms with E-state index in [1.54, 1.807) is 4.90 Å². The zero-order chi connectivity index (χ0) is 18.6. The van der Waals surface area contributed by atoms with Crippen LogP contribution in [0.25, 0.3) is 0 Å². The third kappa shape index (κ3) is 4.13. The Bertz CT molecular complexity index is 780. The van der Waals surface area contributed by atoms with E-state index in [9.17, 15) is 4.79 Å². The highest BCUT2D eigenvalue weighted by atomic mass is 16.1. The number of nitrogens with zero attached hydrogens (tertiary/aromatic N) is 5. The molecule has 2 saturated heterocycles. The van der Waals surface area contributed by atoms with Gasteiger partial charge in [0.15, 0.2) is 0 Å². The molecule has 142 valence electrons. The summed E-state index contributed by atoms with van der Waals surface area (Å²) in [5, 5.41) is 3.33. The van der Waals surface area contributed by atoms with Crippen LogP contribution in [0.5, 0.6) is 0 Å². The summed E-state index contributed by atoms with van der Waals surface area (Å²) >= 11 is 0. The maximum absolute atomic E-state index is 10.9. The van der Waals surface area contributed by atoms with E-state index in [1.165, 1.54) is 18.5 Å². The van der Waals surface area contributed by atoms with E-state index in [2.05, 4.69) is 49.4 Å². The summed E-state index contributed by atoms with van der Waals surface area (Å²) in [5.74, 6) is 1.51. The van der Waals surface area contributed by atoms with Gasteiger partial charge in [-0.15, -0.1) is 0 Å². The Balaban J connectivity index is 1.46. The van der Waals surface area contributed by atoms with Crippen molar-refractivity contribution < 1.29 is 4.79 Å². The number of rotatable bonds is 5. The molecule has 0 bridgehead atoms. The van der Waals surface area contributed by atoms with E-state index in [0.29, 0.717) is 5.95 Å². The molecule has 2 aliphatic heterocycles. The lowest BCUT2D eigenvalue weighted by atomic mass is 10.2. The molecule has 1 N–H and O–H groups in total. The van der Waals surface area contributed by atoms with Gasteiger partial charge in [-0.2, -0.15) is 4.98 Å². The fourth-order valence-electron chi connectivity index (χ4n) is 3.69. The Labute approximate surface area is 160 Å². The van der Waals surface area contributed by atoms with Gasteiger partial charge in [0.2, 0.25) is 12.4 Å². The Kier molecular flexibility index (Phi) is 5.09. The summed E-state index contributed by atoms with van der Waals surface area (Å²) in [6.07, 6.45) is 3.48. The third-order valence-electron chi connectivity index (χ3n) is 5.22. The molecule has 0 aliphatic carbocycles. The maximum Gasteiger partial charge on any atom is 0.229 e. The monoisotopic (exact) mass is 366 g/mol. The van der Waals surface area contributed by atoms with Gasteiger partial charge in [0.1, 0.15) is 5.82 Å². The predicted molar refractivity (Wildman–Crippen MR) is 108 cm³/mol. The van der Waals surface area contributed by atoms with Crippen molar-refractivity contribution in [2.45, 2.75) is 19.8 Å². The van der Waals surface area contributed by atoms with Crippen LogP contribution < -0.4 is 15.1 Å². The van der Waals surface area contributed by atoms with Gasteiger partial charge in [-0.1, -0.05) is 0 Å². The quantitative estimate of drug-likeness (QED) is 0.820. The molecular weight excluding hydrogens is 340 g/mol. The second-order valence-corrected chi connectivity index (χ2v) is 7.19. The molecule has 2 aromatic rings. The summed E-state index contributed by atoms with van der Waals surface area (Å²) in [6.45, 7) is 7.32. The fourth-order valence-corrected chi connectivity index (χ4v) is 3.69. The Hall–Kier alpha value is -2.83. The van der Waals surface area contributed by atoms with Gasteiger partial charge in [-0.05, 0) is 44.0 Å². The minimum atomic E-state index is 0.608. The van der Waals surface area contributed by atoms with E-state index in [-0.39, 0.29) is 0 Å². The van der Waals surface area contributed by atoms with Crippen LogP contribution in [0.15, 0.2) is 30.3 Å². The summed E-state index contributed by atoms with van der Waals surface area (Å²) < 4.78 is 0. The summed E-state index contributed by atoms with van der Waals surface area (Å²) in [6, 6.07) is 10.5. The number of aryl methyl sites for hydroxylation is 1. The van der Waals surface area contributed by atoms with Crippen LogP contribution in [0.2, 0.25) is 0 Å². The van der Waals surface area contributed by atoms with Crippen LogP contribution in [-0.2, 0) is 4.79 Å². The third-order valence-corrected chi connectivity index (χ3v) is 5.22. The number of aromatic nitrogens is 2. The van der Waals surface area contributed by atoms with Gasteiger partial charge in [-0.3, -0.25) is 4.79 Å². The second-order valence-electron chi connectivity index (χ2n) is 7.19. The van der Waals surface area contributed by atoms with Crippen molar-refractivity contribution in [3.63, 3.8) is 0 Å². The largest absolute Gasteiger partial charge is 0.372 e. The molecule has 0 atom stereocenters. The smallest absolute Gasteiger partial charge is 0.229 e. The van der Waals surface area contributed by atoms with Crippen molar-refractivity contribution in [1.82, 2.24) is 14.9 Å². The highest BCUT2D eigenvalue weighted by Crippen LogP contribution is 2.24. The van der Waals surface area contributed by atoms with Crippen molar-refractivity contribution in [3.8, 4) is 0 Å². The zero-order valence-electron chi connectivity index (χ0n) is 15.8. The first-order valence-corrected chi connectivity index (χ1v) is 9.63. The fraction of sp³-hybridized carbons (Fsp3) is 0.450. The van der Waals surface area contributed by atoms with Crippen molar-refractivity contribution in [3.05, 3.63) is 36.0 Å². The van der Waals surface area contributed by atoms with Gasteiger partial charge >= 0.3 is 0 Å². The van der Waals surface area contributed by atoms with Crippen LogP contribution in [-0.4, -0.2) is 60.5 Å². The number of benzene rings is 1. The SMILES string of the molecule is Cc1cc(N2CCN(C=O)CC2)nc(Nc2ccc(N3CCCC3)cc2)n1. The molecule has 4 rings (SSSR count). The highest BCUT2D eigenvalue weighted by Gasteiger charge is 2.18. The molecule has 1 aromatic heterocycles. The van der Waals surface area contributed by atoms with E-state index in [1.807, 2.05) is 13.0 Å². The number of amides is 1. The topological polar surface area (TPSA) is 64.6 Å². The number of anilines is 4. The predicted octanol–water partition coefficient (Wildman–Crippen LogP) is 2.41. The van der Waals surface area contributed by atoms with Crippen LogP contribution in [0.4, 0.5) is 23.1 Å². The van der Waals surface area contributed by atoms with E-state index >= 15 is 0 Å². The molecule has 7 nitrogen and oxygen atoms in total. The molecule has 2 fully saturated rings. The van der Waals surface area contributed by atoms with Crippen molar-refractivity contribution in [2.24, 2.45) is 0 Å². The molecule has 2 aliphatic rings. The van der Waals surface area contributed by atoms with Crippen molar-refractivity contribution >= 4 is 29.6 Å². The Morgan fingerprint density at radius 1 is 0.926 bits per heavy atom. The first-order valence-electron chi connectivity index (χ1n) is 9.63. The molecular formula is C20H26N6O. The number of piperazine rings is 1. The first kappa shape index (κ1) is 17.6. The van der Waals surface area contributed by atoms with E-state index < -0.39 is 0 Å². The minimum absolute atomic E-state index is 0.608. The lowest BCUT2D eigenvalue weighted by Crippen LogP contribution is -2.46. The van der Waals surface area contributed by atoms with Crippen molar-refractivity contribution in [2.75, 3.05) is 54.4 Å². The number of hydrogen-bond acceptors (Lipinski definition) is 6. The molecule has 1 amide bonds. The van der Waals surface area contributed by atoms with Crippen LogP contribution in [0.1, 0.15) is 18.5 Å². The zero-order valence-corrected chi connectivity index (χ0v) is 15.8. The summed E-state index contributed by atoms with van der Waals surface area (Å²) in [4.78, 5) is 26.5. The Morgan fingerprint density at radius 3 is 2.30 bits per heavy atom. The minimum Gasteiger partial charge on any atom is -0.372 e. The molecule has 0 unspecified atom stereocenters. The van der Waals surface area contributed by atoms with Crippen LogP contribution in [0, 0.1) is 6.92 Å². The van der Waals surface area contributed by atoms with Gasteiger partial charge < -0.3 is 20.0 Å². The van der Waals surface area contributed by atoms with Gasteiger partial charge in [0.05, 0.1) is 0 Å². The first-order chi connectivity index (χ1) is 13.2. The number of carbonyl (C=O) groups excluding carboxylic acids is 1. The van der Waals surface area contributed by atoms with Crippen LogP contribution in [0.3, 0.4) is 0 Å². The standard InChI is InChI=1S/C20H26N6O/c1-16-14-19(26-12-10-24(15-27)11-13-26)23-20(21-16)22-17-4-6-18(7-5-17)25-8-2-3-9-25/h4-7,14-15H,2-3,8-13H2,1H3,(H,21,22,23). The Morgan fingerprint density at radius 2 is 1.63 bits per heavy atom. The molecule has 3 heterocycles. The molecule has 0 spiro atoms. The average Bonchev–Trinajstić information content (AvgIpc) is 3.23. The average molecular weight is 366 g/mol. The number of hydrogen-bond donors (Lipinski definition) is 1. The van der Waals surface area contributed by atoms with Gasteiger partial charge in [0.25, 0.3) is 0 Å². The molecule has 7 heteroatoms. The summed E-state index contributed by atoms with van der Waals surface area (Å²) in [7, 11) is 0. The second kappa shape index (κ2) is 7.82. The normalized spacial score (nSPS) is 17.3. The van der Waals surface area contributed by atoms with E-state index in [0.717, 1.165) is 62.9 Å². The van der Waals surface area contributed by atoms with Gasteiger partial charge in [0, 0.05) is 62.4 Å². The molecule has 0 radical (unpaired) electrons. The molecule has 1 aromatic carbocycles. The van der Waals surface area contributed by atoms with Crippen molar-refractivity contribution in [1.29, 1.82) is 0 Å². The number of carbonyl (C=O) groups is 1. The van der Waals surface area contributed by atoms with E-state index in [4.69, 9.17) is 0 Å². The van der Waals surface area contributed by atoms with Gasteiger partial charge in [-0.25, -0.2) is 4.98 Å². The van der Waals surface area contributed by atoms with Crippen LogP contribution >= 0.6 is 0 Å². The lowest BCUT2D eigenvalue weighted by Gasteiger charge is -2.33. The highest BCUT2D eigenvalue weighted by molar-refractivity contribution is 5.60. The maximum atomic E-state index is 10.9.